The van der Waals surface area contributed by atoms with E-state index in [4.69, 9.17) is 9.40 Å². The fraction of sp³-hybridized carbons (Fsp3) is 0.302. The Labute approximate surface area is 312 Å². The molecule has 2 aliphatic rings. The fourth-order valence-corrected chi connectivity index (χ4v) is 8.11. The summed E-state index contributed by atoms with van der Waals surface area (Å²) in [5.41, 5.74) is 9.02. The molecule has 0 saturated carbocycles. The number of aliphatic hydroxyl groups is 2. The summed E-state index contributed by atoms with van der Waals surface area (Å²) in [5, 5.41) is 48.3. The zero-order valence-corrected chi connectivity index (χ0v) is 30.5. The molecule has 4 heterocycles. The summed E-state index contributed by atoms with van der Waals surface area (Å²) in [6.07, 6.45) is 5.43. The van der Waals surface area contributed by atoms with Crippen molar-refractivity contribution in [1.29, 1.82) is 5.26 Å². The predicted molar refractivity (Wildman–Crippen MR) is 207 cm³/mol. The summed E-state index contributed by atoms with van der Waals surface area (Å²) >= 11 is 0. The first-order valence-corrected chi connectivity index (χ1v) is 18.3. The third kappa shape index (κ3) is 6.27. The van der Waals surface area contributed by atoms with Crippen LogP contribution in [0.5, 0.6) is 0 Å². The number of hydrogen-bond acceptors (Lipinski definition) is 10. The number of anilines is 2. The van der Waals surface area contributed by atoms with E-state index in [0.717, 1.165) is 86.0 Å². The molecule has 1 aliphatic heterocycles. The normalized spacial score (nSPS) is 18.1. The first-order chi connectivity index (χ1) is 26.1. The molecule has 3 aromatic heterocycles. The van der Waals surface area contributed by atoms with E-state index < -0.39 is 18.1 Å². The summed E-state index contributed by atoms with van der Waals surface area (Å²) in [4.78, 5) is 23.6. The molecule has 3 aromatic carbocycles. The topological polar surface area (TPSA) is 168 Å². The second-order valence-corrected chi connectivity index (χ2v) is 14.8. The molecule has 0 bridgehead atoms. The maximum Gasteiger partial charge on any atom is 0.326 e. The number of likely N-dealkylation sites (tertiary alicyclic amines) is 1. The number of carboxylic acids is 1. The Morgan fingerprint density at radius 1 is 1.04 bits per heavy atom. The monoisotopic (exact) mass is 722 g/mol. The Morgan fingerprint density at radius 3 is 2.56 bits per heavy atom. The van der Waals surface area contributed by atoms with E-state index in [1.165, 1.54) is 6.92 Å². The molecule has 1 unspecified atom stereocenters. The fourth-order valence-electron chi connectivity index (χ4n) is 8.11. The van der Waals surface area contributed by atoms with Crippen LogP contribution in [-0.4, -0.2) is 67.5 Å². The number of rotatable bonds is 10. The molecule has 11 heteroatoms. The van der Waals surface area contributed by atoms with Gasteiger partial charge in [0, 0.05) is 60.1 Å². The van der Waals surface area contributed by atoms with Crippen molar-refractivity contribution in [2.75, 3.05) is 25.0 Å². The maximum atomic E-state index is 11.9. The number of benzene rings is 3. The second kappa shape index (κ2) is 14.0. The molecule has 0 radical (unpaired) electrons. The van der Waals surface area contributed by atoms with Crippen molar-refractivity contribution < 1.29 is 24.5 Å². The van der Waals surface area contributed by atoms with E-state index in [2.05, 4.69) is 58.6 Å². The van der Waals surface area contributed by atoms with Gasteiger partial charge in [-0.3, -0.25) is 20.0 Å². The van der Waals surface area contributed by atoms with Gasteiger partial charge in [0.05, 0.1) is 18.3 Å². The van der Waals surface area contributed by atoms with Gasteiger partial charge in [-0.2, -0.15) is 5.26 Å². The lowest BCUT2D eigenvalue weighted by atomic mass is 9.92. The van der Waals surface area contributed by atoms with Gasteiger partial charge >= 0.3 is 5.97 Å². The molecule has 5 N–H and O–H groups in total. The van der Waals surface area contributed by atoms with Gasteiger partial charge in [-0.25, -0.2) is 4.98 Å². The zero-order valence-electron chi connectivity index (χ0n) is 30.5. The number of carboxylic acid groups (broad SMARTS) is 1. The number of hydrogen-bond donors (Lipinski definition) is 5. The molecule has 1 saturated heterocycles. The van der Waals surface area contributed by atoms with Crippen molar-refractivity contribution in [3.05, 3.63) is 106 Å². The number of furan rings is 1. The minimum atomic E-state index is -1.51. The lowest BCUT2D eigenvalue weighted by Gasteiger charge is -2.28. The number of pyridine rings is 2. The van der Waals surface area contributed by atoms with Crippen LogP contribution in [0.1, 0.15) is 59.2 Å². The third-order valence-corrected chi connectivity index (χ3v) is 11.2. The smallest absolute Gasteiger partial charge is 0.326 e. The molecule has 11 nitrogen and oxygen atoms in total. The van der Waals surface area contributed by atoms with Crippen molar-refractivity contribution in [3.63, 3.8) is 0 Å². The Kier molecular flexibility index (Phi) is 9.16. The van der Waals surface area contributed by atoms with E-state index >= 15 is 0 Å². The highest BCUT2D eigenvalue weighted by Gasteiger charge is 2.38. The van der Waals surface area contributed by atoms with Gasteiger partial charge in [0.1, 0.15) is 22.9 Å². The van der Waals surface area contributed by atoms with Gasteiger partial charge in [0.25, 0.3) is 0 Å². The molecular weight excluding hydrogens is 681 g/mol. The summed E-state index contributed by atoms with van der Waals surface area (Å²) < 4.78 is 6.47. The predicted octanol–water partition coefficient (Wildman–Crippen LogP) is 6.92. The summed E-state index contributed by atoms with van der Waals surface area (Å²) in [6, 6.07) is 22.4. The molecular formula is C43H42N6O5. The van der Waals surface area contributed by atoms with Crippen LogP contribution >= 0.6 is 0 Å². The quantitative estimate of drug-likeness (QED) is 0.0996. The number of carbonyl (C=O) groups is 1. The largest absolute Gasteiger partial charge is 0.480 e. The molecule has 274 valence electrons. The highest BCUT2D eigenvalue weighted by atomic mass is 16.4. The lowest BCUT2D eigenvalue weighted by molar-refractivity contribution is -0.146. The molecule has 6 aromatic rings. The van der Waals surface area contributed by atoms with Crippen LogP contribution in [0.25, 0.3) is 44.3 Å². The van der Waals surface area contributed by atoms with Gasteiger partial charge in [-0.05, 0) is 109 Å². The minimum absolute atomic E-state index is 0.260. The van der Waals surface area contributed by atoms with Crippen LogP contribution in [-0.2, 0) is 17.8 Å². The second-order valence-electron chi connectivity index (χ2n) is 14.8. The summed E-state index contributed by atoms with van der Waals surface area (Å²) in [5.74, 6) is 0.174. The third-order valence-electron chi connectivity index (χ3n) is 11.2. The van der Waals surface area contributed by atoms with Crippen molar-refractivity contribution in [2.24, 2.45) is 0 Å². The Balaban J connectivity index is 1.10. The van der Waals surface area contributed by atoms with Crippen LogP contribution in [0.3, 0.4) is 0 Å². The van der Waals surface area contributed by atoms with Crippen LogP contribution in [0.2, 0.25) is 0 Å². The average molecular weight is 723 g/mol. The molecule has 54 heavy (non-hydrogen) atoms. The first kappa shape index (κ1) is 35.4. The Bertz CT molecular complexity index is 2490. The number of nitrogens with one attached hydrogen (secondary N) is 2. The Morgan fingerprint density at radius 2 is 1.81 bits per heavy atom. The molecule has 3 atom stereocenters. The van der Waals surface area contributed by atoms with Gasteiger partial charge in [-0.15, -0.1) is 0 Å². The van der Waals surface area contributed by atoms with Crippen LogP contribution in [0.4, 0.5) is 11.5 Å². The first-order valence-electron chi connectivity index (χ1n) is 18.3. The molecule has 1 fully saturated rings. The van der Waals surface area contributed by atoms with Gasteiger partial charge in [-0.1, -0.05) is 30.3 Å². The number of nitrogens with zero attached hydrogens (tertiary/aromatic N) is 4. The number of aliphatic hydroxyl groups excluding tert-OH is 2. The van der Waals surface area contributed by atoms with E-state index in [9.17, 15) is 25.4 Å². The van der Waals surface area contributed by atoms with Crippen molar-refractivity contribution >= 4 is 39.3 Å². The van der Waals surface area contributed by atoms with Crippen molar-refractivity contribution in [2.45, 2.75) is 64.3 Å². The summed E-state index contributed by atoms with van der Waals surface area (Å²) in [7, 11) is 0. The van der Waals surface area contributed by atoms with Crippen LogP contribution < -0.4 is 10.6 Å². The van der Waals surface area contributed by atoms with Gasteiger partial charge < -0.3 is 25.1 Å². The van der Waals surface area contributed by atoms with Crippen molar-refractivity contribution in [3.8, 4) is 28.5 Å². The maximum absolute atomic E-state index is 11.9. The molecule has 0 amide bonds. The number of aromatic nitrogens is 2. The van der Waals surface area contributed by atoms with Crippen molar-refractivity contribution in [1.82, 2.24) is 20.2 Å². The SMILES string of the molecule is Cc1c(Nc2nccc3cc(CN4CC[C@@H](O)C4)cnc23)cccc1-c1cccc(-c2cc3cc4c(c(C#N)c3o2)CC[C@H]4NC(C)(CO)C(=O)O)c1C. The average Bonchev–Trinajstić information content (AvgIpc) is 3.89. The zero-order chi connectivity index (χ0) is 37.7. The standard InChI is InChI=1S/C43H42N6O5/c1-24-30(31-7-5-9-36(25(31)2)47-41-39-27(12-14-45-41)16-26(20-46-39)21-49-15-13-29(51)22-49)6-4-8-32(24)38-18-28-17-34-33(35(19-44)40(28)54-38)10-11-37(34)48-43(3,23-50)42(52)53/h4-9,12,14,16-18,20,29,37,48,50-51H,10-11,13,15,21-23H2,1-3H3,(H,45,47)(H,52,53)/t29-,37-,43?/m1/s1. The van der Waals surface area contributed by atoms with E-state index in [1.807, 2.05) is 48.7 Å². The van der Waals surface area contributed by atoms with E-state index in [0.29, 0.717) is 42.1 Å². The molecule has 1 aliphatic carbocycles. The van der Waals surface area contributed by atoms with E-state index in [-0.39, 0.29) is 12.1 Å². The van der Waals surface area contributed by atoms with Gasteiger partial charge in [0.15, 0.2) is 11.4 Å². The number of aliphatic carboxylic acids is 1. The van der Waals surface area contributed by atoms with Gasteiger partial charge in [0.2, 0.25) is 0 Å². The highest BCUT2D eigenvalue weighted by Crippen LogP contribution is 2.43. The molecule has 8 rings (SSSR count). The number of β-amino-alcohol motifs (C(OH)–C–C–N with tert-alkyl or cyclic N) is 1. The highest BCUT2D eigenvalue weighted by molar-refractivity contribution is 5.93. The Hall–Kier alpha value is -5.64. The molecule has 0 spiro atoms. The van der Waals surface area contributed by atoms with Crippen LogP contribution in [0, 0.1) is 25.2 Å². The van der Waals surface area contributed by atoms with E-state index in [1.54, 1.807) is 6.20 Å². The van der Waals surface area contributed by atoms with Crippen LogP contribution in [0.15, 0.2) is 77.5 Å². The lowest BCUT2D eigenvalue weighted by Crippen LogP contribution is -2.53. The number of nitriles is 1. The minimum Gasteiger partial charge on any atom is -0.480 e. The summed E-state index contributed by atoms with van der Waals surface area (Å²) in [6.45, 7) is 7.37. The number of fused-ring (bicyclic) bond motifs is 3.